The Morgan fingerprint density at radius 1 is 1.30 bits per heavy atom. The molecule has 3 N–H and O–H groups in total. The summed E-state index contributed by atoms with van der Waals surface area (Å²) in [7, 11) is 0. The van der Waals surface area contributed by atoms with Crippen molar-refractivity contribution in [1.82, 2.24) is 14.9 Å². The number of hydrogen-bond acceptors (Lipinski definition) is 2. The Kier molecular flexibility index (Phi) is 7.05. The summed E-state index contributed by atoms with van der Waals surface area (Å²) in [4.78, 5) is 8.64. The van der Waals surface area contributed by atoms with E-state index >= 15 is 0 Å². The van der Waals surface area contributed by atoms with E-state index in [9.17, 15) is 0 Å². The van der Waals surface area contributed by atoms with Gasteiger partial charge in [-0.1, -0.05) is 24.3 Å². The molecule has 126 valence electrons. The lowest BCUT2D eigenvalue weighted by Crippen LogP contribution is -2.44. The van der Waals surface area contributed by atoms with Crippen LogP contribution in [0.4, 0.5) is 0 Å². The second-order valence-corrected chi connectivity index (χ2v) is 6.50. The molecule has 0 aliphatic heterocycles. The van der Waals surface area contributed by atoms with E-state index in [4.69, 9.17) is 5.73 Å². The fourth-order valence-electron chi connectivity index (χ4n) is 2.19. The zero-order valence-corrected chi connectivity index (χ0v) is 16.5. The zero-order chi connectivity index (χ0) is 16.2. The Morgan fingerprint density at radius 3 is 2.61 bits per heavy atom. The molecule has 0 saturated heterocycles. The first-order valence-corrected chi connectivity index (χ1v) is 7.47. The third kappa shape index (κ3) is 6.60. The standard InChI is InChI=1S/C17H25N5.HI/c1-13-19-8-9-22(13)12-15-7-5-6-14(10-15)11-20-16(18)21-17(2,3)4;/h5-10H,11-12H2,1-4H3,(H3,18,20,21);1H. The highest BCUT2D eigenvalue weighted by molar-refractivity contribution is 14.0. The van der Waals surface area contributed by atoms with Gasteiger partial charge in [0, 0.05) is 24.5 Å². The maximum atomic E-state index is 5.90. The van der Waals surface area contributed by atoms with E-state index in [2.05, 4.69) is 64.9 Å². The van der Waals surface area contributed by atoms with Crippen LogP contribution in [0.5, 0.6) is 0 Å². The van der Waals surface area contributed by atoms with E-state index in [1.807, 2.05) is 19.3 Å². The molecule has 0 unspecified atom stereocenters. The van der Waals surface area contributed by atoms with Gasteiger partial charge in [0.15, 0.2) is 5.96 Å². The predicted molar refractivity (Wildman–Crippen MR) is 106 cm³/mol. The number of imidazole rings is 1. The number of hydrogen-bond donors (Lipinski definition) is 2. The second kappa shape index (κ2) is 8.33. The molecule has 6 heteroatoms. The minimum absolute atomic E-state index is 0. The first-order valence-electron chi connectivity index (χ1n) is 7.47. The van der Waals surface area contributed by atoms with Gasteiger partial charge in [-0.2, -0.15) is 0 Å². The fraction of sp³-hybridized carbons (Fsp3) is 0.412. The summed E-state index contributed by atoms with van der Waals surface area (Å²) < 4.78 is 2.12. The van der Waals surface area contributed by atoms with Gasteiger partial charge in [0.05, 0.1) is 6.54 Å². The molecule has 2 rings (SSSR count). The van der Waals surface area contributed by atoms with Crippen molar-refractivity contribution < 1.29 is 0 Å². The molecule has 0 radical (unpaired) electrons. The number of aromatic nitrogens is 2. The number of nitrogens with one attached hydrogen (secondary N) is 1. The number of benzene rings is 1. The lowest BCUT2D eigenvalue weighted by atomic mass is 10.1. The molecule has 0 atom stereocenters. The molecule has 2 aromatic rings. The second-order valence-electron chi connectivity index (χ2n) is 6.50. The molecule has 1 heterocycles. The number of guanidine groups is 1. The van der Waals surface area contributed by atoms with Crippen LogP contribution in [0.25, 0.3) is 0 Å². The highest BCUT2D eigenvalue weighted by Gasteiger charge is 2.09. The summed E-state index contributed by atoms with van der Waals surface area (Å²) in [5, 5.41) is 3.16. The van der Waals surface area contributed by atoms with Crippen LogP contribution in [0.1, 0.15) is 37.7 Å². The summed E-state index contributed by atoms with van der Waals surface area (Å²) in [6.45, 7) is 9.58. The van der Waals surface area contributed by atoms with Crippen LogP contribution in [0.15, 0.2) is 41.7 Å². The van der Waals surface area contributed by atoms with Gasteiger partial charge in [-0.05, 0) is 38.8 Å². The first-order chi connectivity index (χ1) is 10.3. The molecule has 0 amide bonds. The predicted octanol–water partition coefficient (Wildman–Crippen LogP) is 3.06. The van der Waals surface area contributed by atoms with Crippen LogP contribution < -0.4 is 11.1 Å². The van der Waals surface area contributed by atoms with Crippen LogP contribution in [-0.2, 0) is 13.1 Å². The molecule has 5 nitrogen and oxygen atoms in total. The smallest absolute Gasteiger partial charge is 0.189 e. The highest BCUT2D eigenvalue weighted by Crippen LogP contribution is 2.10. The molecular weight excluding hydrogens is 401 g/mol. The van der Waals surface area contributed by atoms with Crippen molar-refractivity contribution >= 4 is 29.9 Å². The molecule has 0 aliphatic rings. The number of nitrogens with two attached hydrogens (primary N) is 1. The third-order valence-electron chi connectivity index (χ3n) is 3.20. The normalized spacial score (nSPS) is 11.9. The Bertz CT molecular complexity index is 655. The van der Waals surface area contributed by atoms with Gasteiger partial charge in [-0.25, -0.2) is 9.98 Å². The van der Waals surface area contributed by atoms with Crippen LogP contribution in [0.3, 0.4) is 0 Å². The Balaban J connectivity index is 0.00000264. The highest BCUT2D eigenvalue weighted by atomic mass is 127. The van der Waals surface area contributed by atoms with Gasteiger partial charge in [-0.3, -0.25) is 0 Å². The number of halogens is 1. The van der Waals surface area contributed by atoms with Gasteiger partial charge in [-0.15, -0.1) is 24.0 Å². The van der Waals surface area contributed by atoms with E-state index < -0.39 is 0 Å². The minimum Gasteiger partial charge on any atom is -0.370 e. The van der Waals surface area contributed by atoms with E-state index in [1.54, 1.807) is 0 Å². The average Bonchev–Trinajstić information content (AvgIpc) is 2.81. The van der Waals surface area contributed by atoms with Crippen LogP contribution >= 0.6 is 24.0 Å². The molecule has 23 heavy (non-hydrogen) atoms. The van der Waals surface area contributed by atoms with Crippen LogP contribution in [0.2, 0.25) is 0 Å². The molecule has 1 aromatic heterocycles. The minimum atomic E-state index is -0.0750. The van der Waals surface area contributed by atoms with Crippen LogP contribution in [-0.4, -0.2) is 21.0 Å². The monoisotopic (exact) mass is 427 g/mol. The van der Waals surface area contributed by atoms with Gasteiger partial charge in [0.1, 0.15) is 5.82 Å². The molecule has 0 fully saturated rings. The average molecular weight is 427 g/mol. The maximum absolute atomic E-state index is 5.90. The molecule has 0 bridgehead atoms. The van der Waals surface area contributed by atoms with Gasteiger partial charge < -0.3 is 15.6 Å². The number of rotatable bonds is 4. The first kappa shape index (κ1) is 19.5. The molecule has 0 spiro atoms. The Hall–Kier alpha value is -1.57. The van der Waals surface area contributed by atoms with Gasteiger partial charge in [0.2, 0.25) is 0 Å². The lowest BCUT2D eigenvalue weighted by Gasteiger charge is -2.21. The summed E-state index contributed by atoms with van der Waals surface area (Å²) in [5.41, 5.74) is 8.21. The molecule has 1 aromatic carbocycles. The number of aliphatic imine (C=N–C) groups is 1. The number of nitrogens with zero attached hydrogens (tertiary/aromatic N) is 3. The number of aryl methyl sites for hydroxylation is 1. The SMILES string of the molecule is Cc1nccn1Cc1cccc(CN=C(N)NC(C)(C)C)c1.I. The Morgan fingerprint density at radius 2 is 2.00 bits per heavy atom. The van der Waals surface area contributed by atoms with Crippen molar-refractivity contribution in [2.45, 2.75) is 46.3 Å². The van der Waals surface area contributed by atoms with Crippen molar-refractivity contribution in [2.24, 2.45) is 10.7 Å². The summed E-state index contributed by atoms with van der Waals surface area (Å²) in [5.74, 6) is 1.49. The summed E-state index contributed by atoms with van der Waals surface area (Å²) in [6.07, 6.45) is 3.81. The van der Waals surface area contributed by atoms with Crippen molar-refractivity contribution in [3.05, 3.63) is 53.6 Å². The van der Waals surface area contributed by atoms with Crippen LogP contribution in [0, 0.1) is 6.92 Å². The molecule has 0 saturated carbocycles. The zero-order valence-electron chi connectivity index (χ0n) is 14.2. The van der Waals surface area contributed by atoms with E-state index in [1.165, 1.54) is 5.56 Å². The van der Waals surface area contributed by atoms with Gasteiger partial charge in [0.25, 0.3) is 0 Å². The van der Waals surface area contributed by atoms with Crippen molar-refractivity contribution in [3.63, 3.8) is 0 Å². The molecular formula is C17H26IN5. The molecule has 0 aliphatic carbocycles. The maximum Gasteiger partial charge on any atom is 0.189 e. The third-order valence-corrected chi connectivity index (χ3v) is 3.20. The Labute approximate surface area is 155 Å². The quantitative estimate of drug-likeness (QED) is 0.448. The fourth-order valence-corrected chi connectivity index (χ4v) is 2.19. The van der Waals surface area contributed by atoms with Gasteiger partial charge >= 0.3 is 0 Å². The van der Waals surface area contributed by atoms with E-state index in [0.29, 0.717) is 12.5 Å². The lowest BCUT2D eigenvalue weighted by molar-refractivity contribution is 0.508. The topological polar surface area (TPSA) is 68.2 Å². The van der Waals surface area contributed by atoms with E-state index in [-0.39, 0.29) is 29.5 Å². The largest absolute Gasteiger partial charge is 0.370 e. The van der Waals surface area contributed by atoms with Crippen molar-refractivity contribution in [3.8, 4) is 0 Å². The van der Waals surface area contributed by atoms with Crippen molar-refractivity contribution in [2.75, 3.05) is 0 Å². The summed E-state index contributed by atoms with van der Waals surface area (Å²) in [6, 6.07) is 8.40. The van der Waals surface area contributed by atoms with E-state index in [0.717, 1.165) is 17.9 Å². The van der Waals surface area contributed by atoms with Crippen molar-refractivity contribution in [1.29, 1.82) is 0 Å². The summed E-state index contributed by atoms with van der Waals surface area (Å²) >= 11 is 0.